The molecule has 1 atom stereocenters. The zero-order valence-electron chi connectivity index (χ0n) is 5.13. The van der Waals surface area contributed by atoms with E-state index in [1.54, 1.807) is 0 Å². The van der Waals surface area contributed by atoms with Gasteiger partial charge in [0.1, 0.15) is 0 Å². The van der Waals surface area contributed by atoms with E-state index in [1.165, 1.54) is 0 Å². The van der Waals surface area contributed by atoms with Crippen LogP contribution in [0.1, 0.15) is 0 Å². The second-order valence-electron chi connectivity index (χ2n) is 0.458. The summed E-state index contributed by atoms with van der Waals surface area (Å²) >= 11 is -3.36. The summed E-state index contributed by atoms with van der Waals surface area (Å²) < 4.78 is 49.6. The third-order valence-electron chi connectivity index (χ3n) is 0. The standard InChI is InChI=1S/CH3O2S.2O2S.Rf/c1-4(2)3;2*1-3-2;/h1H2,(H,2,3);;;/q-1;;;. The summed E-state index contributed by atoms with van der Waals surface area (Å²) in [6, 6.07) is 0. The van der Waals surface area contributed by atoms with E-state index in [9.17, 15) is 0 Å². The fourth-order valence-electron chi connectivity index (χ4n) is 0. The Kier molecular flexibility index (Phi) is 76.7. The van der Waals surface area contributed by atoms with Crippen molar-refractivity contribution in [2.45, 2.75) is 0 Å². The van der Waals surface area contributed by atoms with Crippen LogP contribution in [0.3, 0.4) is 0 Å². The van der Waals surface area contributed by atoms with E-state index in [-0.39, 0.29) is 0 Å². The number of rotatable bonds is 0. The van der Waals surface area contributed by atoms with Gasteiger partial charge in [-0.2, -0.15) is 16.8 Å². The molecule has 0 aliphatic rings. The first-order valence-corrected chi connectivity index (χ1v) is 3.91. The Bertz CT molecular complexity index is 128. The van der Waals surface area contributed by atoms with E-state index in [0.717, 1.165) is 0 Å². The molecule has 0 aliphatic heterocycles. The average molecular weight is 474 g/mol. The van der Waals surface area contributed by atoms with Gasteiger partial charge in [0.2, 0.25) is 0 Å². The molecule has 6 nitrogen and oxygen atoms in total. The van der Waals surface area contributed by atoms with Crippen molar-refractivity contribution >= 4 is 34.2 Å². The summed E-state index contributed by atoms with van der Waals surface area (Å²) in [5.74, 6) is 0. The predicted octanol–water partition coefficient (Wildman–Crippen LogP) is -1.34. The van der Waals surface area contributed by atoms with Crippen LogP contribution >= 0.6 is 0 Å². The minimum absolute atomic E-state index is 0. The van der Waals surface area contributed by atoms with E-state index < -0.39 is 34.2 Å². The van der Waals surface area contributed by atoms with Crippen molar-refractivity contribution in [3.05, 3.63) is 6.26 Å². The molecule has 0 radical (unpaired) electrons. The van der Waals surface area contributed by atoms with Crippen LogP contribution in [0.25, 0.3) is 0 Å². The van der Waals surface area contributed by atoms with E-state index >= 15 is 0 Å². The number of hydrogen-bond acceptors (Lipinski definition) is 5. The first-order chi connectivity index (χ1) is 4.56. The molecule has 0 heterocycles. The first-order valence-electron chi connectivity index (χ1n) is 1.30. The second-order valence-corrected chi connectivity index (χ2v) is 1.37. The minimum atomic E-state index is -1.86. The van der Waals surface area contributed by atoms with Crippen molar-refractivity contribution in [1.29, 1.82) is 0 Å². The van der Waals surface area contributed by atoms with Crippen LogP contribution in [0.15, 0.2) is 0 Å². The molecule has 0 saturated carbocycles. The molecule has 0 rings (SSSR count). The van der Waals surface area contributed by atoms with Gasteiger partial charge < -0.3 is 4.55 Å². The van der Waals surface area contributed by atoms with Crippen molar-refractivity contribution in [1.82, 2.24) is 0 Å². The van der Waals surface area contributed by atoms with Crippen LogP contribution in [-0.2, 0) is 34.2 Å². The molecule has 11 heavy (non-hydrogen) atoms. The van der Waals surface area contributed by atoms with Crippen molar-refractivity contribution in [2.24, 2.45) is 0 Å². The van der Waals surface area contributed by atoms with Gasteiger partial charge in [-0.3, -0.25) is 4.21 Å². The Balaban J connectivity index is -0.0000000325. The summed E-state index contributed by atoms with van der Waals surface area (Å²) in [4.78, 5) is 0. The summed E-state index contributed by atoms with van der Waals surface area (Å²) in [6.45, 7) is 0. The monoisotopic (exact) mass is 474 g/mol. The SMILES string of the molecule is O=S=O.O=S=O.[CH2-]S(=O)O.[Rf]. The second kappa shape index (κ2) is 37.4. The largest absolute Gasteiger partial charge is 0.335 e. The van der Waals surface area contributed by atoms with Crippen LogP contribution in [0.5, 0.6) is 0 Å². The molecule has 0 aromatic heterocycles. The molecule has 0 fully saturated rings. The van der Waals surface area contributed by atoms with E-state index in [4.69, 9.17) is 25.6 Å². The molecule has 0 bridgehead atoms. The van der Waals surface area contributed by atoms with Crippen LogP contribution < -0.4 is 0 Å². The van der Waals surface area contributed by atoms with Crippen molar-refractivity contribution < 1.29 is 25.6 Å². The van der Waals surface area contributed by atoms with Crippen LogP contribution in [-0.4, -0.2) is 25.6 Å². The first kappa shape index (κ1) is 22.6. The van der Waals surface area contributed by atoms with E-state index in [0.29, 0.717) is 0 Å². The maximum atomic E-state index is 9.00. The van der Waals surface area contributed by atoms with Gasteiger partial charge in [0.25, 0.3) is 0 Å². The Hall–Kier alpha value is -1.25. The van der Waals surface area contributed by atoms with Crippen molar-refractivity contribution in [3.8, 4) is 0 Å². The fraction of sp³-hybridized carbons (Fsp3) is 0. The molecule has 0 aromatic rings. The average Bonchev–Trinajstić information content (AvgIpc) is 1.65. The summed E-state index contributed by atoms with van der Waals surface area (Å²) in [7, 11) is 0. The van der Waals surface area contributed by atoms with E-state index in [1.807, 2.05) is 0 Å². The molecule has 0 aromatic carbocycles. The normalized spacial score (nSPS) is 7.82. The minimum Gasteiger partial charge on any atom is -0.333 e. The van der Waals surface area contributed by atoms with Gasteiger partial charge in [0, 0.05) is 0 Å². The zero-order valence-corrected chi connectivity index (χ0v) is 14.0. The Morgan fingerprint density at radius 2 is 1.09 bits per heavy atom. The van der Waals surface area contributed by atoms with Crippen LogP contribution in [0.2, 0.25) is 0 Å². The van der Waals surface area contributed by atoms with Gasteiger partial charge in [-0.05, 0) is 11.1 Å². The molecule has 64 valence electrons. The quantitative estimate of drug-likeness (QED) is 0.344. The van der Waals surface area contributed by atoms with Gasteiger partial charge in [-0.25, -0.2) is 6.26 Å². The smallest absolute Gasteiger partial charge is 0.333 e. The van der Waals surface area contributed by atoms with Crippen molar-refractivity contribution in [3.63, 3.8) is 0 Å². The summed E-state index contributed by atoms with van der Waals surface area (Å²) in [6.07, 6.45) is 2.67. The molecule has 0 spiro atoms. The third-order valence-corrected chi connectivity index (χ3v) is 0. The molecule has 0 amide bonds. The Morgan fingerprint density at radius 1 is 1.09 bits per heavy atom. The molecule has 0 aliphatic carbocycles. The van der Waals surface area contributed by atoms with Crippen LogP contribution in [0.4, 0.5) is 0 Å². The molecule has 10 heteroatoms. The molecular weight excluding hydrogens is 471 g/mol. The molecule has 0 saturated heterocycles. The zero-order chi connectivity index (χ0) is 8.99. The predicted molar refractivity (Wildman–Crippen MR) is 34.0 cm³/mol. The maximum absolute atomic E-state index is 9.00. The Labute approximate surface area is 66.5 Å². The van der Waals surface area contributed by atoms with Crippen LogP contribution in [0, 0.1) is 6.26 Å². The van der Waals surface area contributed by atoms with Crippen molar-refractivity contribution in [2.75, 3.05) is 0 Å². The summed E-state index contributed by atoms with van der Waals surface area (Å²) in [5.41, 5.74) is 0. The molecule has 1 N–H and O–H groups in total. The van der Waals surface area contributed by atoms with Gasteiger partial charge in [0.05, 0.1) is 0 Å². The van der Waals surface area contributed by atoms with Gasteiger partial charge in [-0.15, -0.1) is 0 Å². The Morgan fingerprint density at radius 3 is 1.09 bits per heavy atom. The third kappa shape index (κ3) is 255. The van der Waals surface area contributed by atoms with Gasteiger partial charge >= 0.3 is 23.1 Å². The van der Waals surface area contributed by atoms with Gasteiger partial charge in [-0.1, -0.05) is 0 Å². The topological polar surface area (TPSA) is 106 Å². The van der Waals surface area contributed by atoms with Gasteiger partial charge in [0.15, 0.2) is 0 Å². The molecule has 1 unspecified atom stereocenters. The molecular formula is CH3O6RfS3-. The fourth-order valence-corrected chi connectivity index (χ4v) is 0. The maximum Gasteiger partial charge on any atom is 0.335 e. The van der Waals surface area contributed by atoms with E-state index in [2.05, 4.69) is 6.26 Å². The number of hydrogen-bond donors (Lipinski definition) is 1. The summed E-state index contributed by atoms with van der Waals surface area (Å²) in [5, 5.41) is 0.